The lowest BCUT2D eigenvalue weighted by Crippen LogP contribution is -2.27. The number of hydrogen-bond acceptors (Lipinski definition) is 4. The van der Waals surface area contributed by atoms with Crippen molar-refractivity contribution in [2.75, 3.05) is 0 Å². The topological polar surface area (TPSA) is 63.0 Å². The van der Waals surface area contributed by atoms with E-state index in [4.69, 9.17) is 4.74 Å². The van der Waals surface area contributed by atoms with Gasteiger partial charge >= 0.3 is 5.97 Å². The number of carbonyl (C=O) groups excluding carboxylic acids is 1. The zero-order chi connectivity index (χ0) is 15.6. The molecule has 0 saturated heterocycles. The van der Waals surface area contributed by atoms with Crippen molar-refractivity contribution < 1.29 is 9.53 Å². The summed E-state index contributed by atoms with van der Waals surface area (Å²) in [6.45, 7) is 7.20. The van der Waals surface area contributed by atoms with Gasteiger partial charge in [-0.2, -0.15) is 5.26 Å². The van der Waals surface area contributed by atoms with Crippen LogP contribution in [-0.2, 0) is 9.53 Å². The van der Waals surface area contributed by atoms with Gasteiger partial charge < -0.3 is 4.74 Å². The van der Waals surface area contributed by atoms with Crippen molar-refractivity contribution in [3.05, 3.63) is 41.6 Å². The third kappa shape index (κ3) is 3.38. The molecule has 2 rings (SSSR count). The van der Waals surface area contributed by atoms with E-state index >= 15 is 0 Å². The van der Waals surface area contributed by atoms with Crippen LogP contribution in [-0.4, -0.2) is 16.6 Å². The summed E-state index contributed by atoms with van der Waals surface area (Å²) in [4.78, 5) is 16.5. The summed E-state index contributed by atoms with van der Waals surface area (Å²) in [5, 5.41) is 10.2. The number of esters is 1. The molecule has 1 atom stereocenters. The average Bonchev–Trinajstić information content (AvgIpc) is 2.43. The number of fused-ring (bicyclic) bond motifs is 1. The molecule has 0 spiro atoms. The van der Waals surface area contributed by atoms with E-state index in [1.54, 1.807) is 6.92 Å². The summed E-state index contributed by atoms with van der Waals surface area (Å²) in [6, 6.07) is 11.4. The summed E-state index contributed by atoms with van der Waals surface area (Å²) in [5.74, 6) is -0.882. The largest absolute Gasteiger partial charge is 0.460 e. The predicted molar refractivity (Wildman–Crippen MR) is 80.7 cm³/mol. The van der Waals surface area contributed by atoms with Crippen molar-refractivity contribution in [2.45, 2.75) is 39.2 Å². The molecule has 0 aliphatic rings. The Morgan fingerprint density at radius 3 is 2.62 bits per heavy atom. The van der Waals surface area contributed by atoms with E-state index in [0.29, 0.717) is 5.56 Å². The average molecular weight is 282 g/mol. The van der Waals surface area contributed by atoms with E-state index in [1.807, 2.05) is 51.1 Å². The molecule has 21 heavy (non-hydrogen) atoms. The number of nitriles is 1. The summed E-state index contributed by atoms with van der Waals surface area (Å²) >= 11 is 0. The van der Waals surface area contributed by atoms with Gasteiger partial charge in [-0.1, -0.05) is 18.2 Å². The number of hydrogen-bond donors (Lipinski definition) is 0. The summed E-state index contributed by atoms with van der Waals surface area (Å²) in [5.41, 5.74) is 1.06. The predicted octanol–water partition coefficient (Wildman–Crippen LogP) is 3.55. The first-order valence-electron chi connectivity index (χ1n) is 6.84. The van der Waals surface area contributed by atoms with Crippen molar-refractivity contribution in [2.24, 2.45) is 0 Å². The van der Waals surface area contributed by atoms with E-state index in [1.165, 1.54) is 0 Å². The van der Waals surface area contributed by atoms with Gasteiger partial charge in [-0.25, -0.2) is 4.98 Å². The van der Waals surface area contributed by atoms with Gasteiger partial charge in [-0.15, -0.1) is 0 Å². The van der Waals surface area contributed by atoms with Gasteiger partial charge in [0.15, 0.2) is 0 Å². The number of pyridine rings is 1. The van der Waals surface area contributed by atoms with Crippen LogP contribution in [0.4, 0.5) is 0 Å². The van der Waals surface area contributed by atoms with Crippen LogP contribution < -0.4 is 0 Å². The standard InChI is InChI=1S/C17H18N2O2/c1-11(16(20)21-17(2,3)4)13-9-12-7-5-6-8-14(12)19-15(13)10-18/h5-9,11H,1-4H3. The highest BCUT2D eigenvalue weighted by atomic mass is 16.6. The molecule has 1 unspecified atom stereocenters. The highest BCUT2D eigenvalue weighted by Crippen LogP contribution is 2.25. The monoisotopic (exact) mass is 282 g/mol. The molecule has 0 radical (unpaired) electrons. The molecule has 4 nitrogen and oxygen atoms in total. The van der Waals surface area contributed by atoms with Gasteiger partial charge in [0, 0.05) is 10.9 Å². The lowest BCUT2D eigenvalue weighted by molar-refractivity contribution is -0.156. The fourth-order valence-electron chi connectivity index (χ4n) is 2.07. The van der Waals surface area contributed by atoms with E-state index in [0.717, 1.165) is 10.9 Å². The van der Waals surface area contributed by atoms with Crippen molar-refractivity contribution in [3.63, 3.8) is 0 Å². The van der Waals surface area contributed by atoms with Gasteiger partial charge in [0.25, 0.3) is 0 Å². The summed E-state index contributed by atoms with van der Waals surface area (Å²) < 4.78 is 5.39. The maximum Gasteiger partial charge on any atom is 0.313 e. The molecule has 0 aliphatic heterocycles. The summed E-state index contributed by atoms with van der Waals surface area (Å²) in [6.07, 6.45) is 0. The molecule has 1 heterocycles. The fraction of sp³-hybridized carbons (Fsp3) is 0.353. The zero-order valence-electron chi connectivity index (χ0n) is 12.7. The van der Waals surface area contributed by atoms with Gasteiger partial charge in [0.05, 0.1) is 11.4 Å². The number of aromatic nitrogens is 1. The fourth-order valence-corrected chi connectivity index (χ4v) is 2.07. The molecule has 0 amide bonds. The lowest BCUT2D eigenvalue weighted by Gasteiger charge is -2.22. The number of benzene rings is 1. The molecule has 0 N–H and O–H groups in total. The van der Waals surface area contributed by atoms with Crippen LogP contribution in [0, 0.1) is 11.3 Å². The molecular weight excluding hydrogens is 264 g/mol. The zero-order valence-corrected chi connectivity index (χ0v) is 12.7. The van der Waals surface area contributed by atoms with Crippen LogP contribution in [0.2, 0.25) is 0 Å². The minimum absolute atomic E-state index is 0.270. The molecule has 0 fully saturated rings. The van der Waals surface area contributed by atoms with Crippen molar-refractivity contribution in [1.29, 1.82) is 5.26 Å². The molecule has 4 heteroatoms. The minimum atomic E-state index is -0.553. The second kappa shape index (κ2) is 5.53. The van der Waals surface area contributed by atoms with Crippen LogP contribution in [0.5, 0.6) is 0 Å². The molecule has 1 aromatic carbocycles. The molecular formula is C17H18N2O2. The molecule has 0 bridgehead atoms. The number of rotatable bonds is 2. The third-order valence-electron chi connectivity index (χ3n) is 3.09. The highest BCUT2D eigenvalue weighted by molar-refractivity contribution is 5.84. The molecule has 0 saturated carbocycles. The quantitative estimate of drug-likeness (QED) is 0.790. The SMILES string of the molecule is CC(C(=O)OC(C)(C)C)c1cc2ccccc2nc1C#N. The van der Waals surface area contributed by atoms with Crippen molar-refractivity contribution in [3.8, 4) is 6.07 Å². The Morgan fingerprint density at radius 2 is 2.00 bits per heavy atom. The Hall–Kier alpha value is -2.41. The van der Waals surface area contributed by atoms with Gasteiger partial charge in [0.2, 0.25) is 0 Å². The maximum atomic E-state index is 12.2. The Morgan fingerprint density at radius 1 is 1.33 bits per heavy atom. The first-order chi connectivity index (χ1) is 9.81. The second-order valence-electron chi connectivity index (χ2n) is 5.99. The number of para-hydroxylation sites is 1. The Labute approximate surface area is 124 Å². The normalized spacial score (nSPS) is 12.7. The van der Waals surface area contributed by atoms with E-state index in [9.17, 15) is 10.1 Å². The minimum Gasteiger partial charge on any atom is -0.460 e. The Balaban J connectivity index is 2.45. The first kappa shape index (κ1) is 15.0. The lowest BCUT2D eigenvalue weighted by atomic mass is 9.97. The Kier molecular flexibility index (Phi) is 3.95. The van der Waals surface area contributed by atoms with Crippen LogP contribution in [0.1, 0.15) is 44.9 Å². The first-order valence-corrected chi connectivity index (χ1v) is 6.84. The van der Waals surface area contributed by atoms with E-state index < -0.39 is 11.5 Å². The van der Waals surface area contributed by atoms with Crippen molar-refractivity contribution >= 4 is 16.9 Å². The molecule has 2 aromatic rings. The number of nitrogens with zero attached hydrogens (tertiary/aromatic N) is 2. The van der Waals surface area contributed by atoms with E-state index in [2.05, 4.69) is 11.1 Å². The smallest absolute Gasteiger partial charge is 0.313 e. The van der Waals surface area contributed by atoms with Gasteiger partial charge in [0.1, 0.15) is 17.4 Å². The second-order valence-corrected chi connectivity index (χ2v) is 5.99. The van der Waals surface area contributed by atoms with Crippen LogP contribution in [0.3, 0.4) is 0 Å². The summed E-state index contributed by atoms with van der Waals surface area (Å²) in [7, 11) is 0. The highest BCUT2D eigenvalue weighted by Gasteiger charge is 2.25. The van der Waals surface area contributed by atoms with Gasteiger partial charge in [-0.3, -0.25) is 4.79 Å². The Bertz CT molecular complexity index is 724. The molecule has 0 aliphatic carbocycles. The van der Waals surface area contributed by atoms with Crippen molar-refractivity contribution in [1.82, 2.24) is 4.98 Å². The molecule has 108 valence electrons. The van der Waals surface area contributed by atoms with Crippen LogP contribution >= 0.6 is 0 Å². The van der Waals surface area contributed by atoms with Crippen LogP contribution in [0.15, 0.2) is 30.3 Å². The molecule has 1 aromatic heterocycles. The third-order valence-corrected chi connectivity index (χ3v) is 3.09. The van der Waals surface area contributed by atoms with E-state index in [-0.39, 0.29) is 11.7 Å². The maximum absolute atomic E-state index is 12.2. The number of carbonyl (C=O) groups is 1. The van der Waals surface area contributed by atoms with Crippen LogP contribution in [0.25, 0.3) is 10.9 Å². The van der Waals surface area contributed by atoms with Gasteiger partial charge in [-0.05, 0) is 39.8 Å². The number of ether oxygens (including phenoxy) is 1.